The van der Waals surface area contributed by atoms with Crippen LogP contribution in [-0.2, 0) is 6.61 Å². The molecule has 0 unspecified atom stereocenters. The van der Waals surface area contributed by atoms with Crippen molar-refractivity contribution in [3.8, 4) is 5.75 Å². The van der Waals surface area contributed by atoms with E-state index in [2.05, 4.69) is 0 Å². The summed E-state index contributed by atoms with van der Waals surface area (Å²) in [7, 11) is 0. The Balaban J connectivity index is 1.82. The zero-order chi connectivity index (χ0) is 15.0. The van der Waals surface area contributed by atoms with Crippen LogP contribution in [0.1, 0.15) is 35.4 Å². The molecule has 1 aliphatic carbocycles. The zero-order valence-electron chi connectivity index (χ0n) is 11.6. The van der Waals surface area contributed by atoms with E-state index < -0.39 is 0 Å². The predicted octanol–water partition coefficient (Wildman–Crippen LogP) is 5.90. The van der Waals surface area contributed by atoms with Crippen LogP contribution in [0, 0.1) is 12.7 Å². The molecule has 110 valence electrons. The molecule has 0 spiro atoms. The minimum Gasteiger partial charge on any atom is -0.489 e. The van der Waals surface area contributed by atoms with Crippen LogP contribution in [0.4, 0.5) is 4.39 Å². The summed E-state index contributed by atoms with van der Waals surface area (Å²) in [6.45, 7) is 2.11. The third-order valence-corrected chi connectivity index (χ3v) is 4.10. The first kappa shape index (κ1) is 14.7. The summed E-state index contributed by atoms with van der Waals surface area (Å²) >= 11 is 11.9. The molecular weight excluding hydrogens is 310 g/mol. The largest absolute Gasteiger partial charge is 0.489 e. The van der Waals surface area contributed by atoms with E-state index in [-0.39, 0.29) is 5.82 Å². The van der Waals surface area contributed by atoms with E-state index in [0.29, 0.717) is 33.9 Å². The SMILES string of the molecule is Cc1cc(C2CC2)c(COc2cc(Cl)cc(Cl)c2)cc1F. The molecule has 0 radical (unpaired) electrons. The van der Waals surface area contributed by atoms with E-state index in [1.807, 2.05) is 6.07 Å². The van der Waals surface area contributed by atoms with Gasteiger partial charge in [-0.1, -0.05) is 29.3 Å². The number of hydrogen-bond donors (Lipinski definition) is 0. The molecule has 1 nitrogen and oxygen atoms in total. The van der Waals surface area contributed by atoms with E-state index in [1.54, 1.807) is 31.2 Å². The highest BCUT2D eigenvalue weighted by molar-refractivity contribution is 6.34. The molecule has 0 heterocycles. The Labute approximate surface area is 133 Å². The Hall–Kier alpha value is -1.25. The highest BCUT2D eigenvalue weighted by atomic mass is 35.5. The van der Waals surface area contributed by atoms with Gasteiger partial charge in [0.1, 0.15) is 18.2 Å². The zero-order valence-corrected chi connectivity index (χ0v) is 13.1. The second-order valence-corrected chi connectivity index (χ2v) is 6.34. The van der Waals surface area contributed by atoms with Gasteiger partial charge in [-0.2, -0.15) is 0 Å². The van der Waals surface area contributed by atoms with Gasteiger partial charge in [0.2, 0.25) is 0 Å². The van der Waals surface area contributed by atoms with Crippen LogP contribution in [-0.4, -0.2) is 0 Å². The summed E-state index contributed by atoms with van der Waals surface area (Å²) < 4.78 is 19.5. The van der Waals surface area contributed by atoms with E-state index in [9.17, 15) is 4.39 Å². The van der Waals surface area contributed by atoms with Gasteiger partial charge in [-0.05, 0) is 66.6 Å². The summed E-state index contributed by atoms with van der Waals surface area (Å²) in [5, 5.41) is 1.05. The van der Waals surface area contributed by atoms with Gasteiger partial charge < -0.3 is 4.74 Å². The maximum absolute atomic E-state index is 13.8. The molecule has 0 N–H and O–H groups in total. The molecule has 3 rings (SSSR count). The summed E-state index contributed by atoms with van der Waals surface area (Å²) in [5.41, 5.74) is 2.78. The van der Waals surface area contributed by atoms with Crippen molar-refractivity contribution in [3.63, 3.8) is 0 Å². The van der Waals surface area contributed by atoms with Gasteiger partial charge in [-0.15, -0.1) is 0 Å². The Bertz CT molecular complexity index is 660. The van der Waals surface area contributed by atoms with Crippen molar-refractivity contribution in [3.05, 3.63) is 62.9 Å². The minimum absolute atomic E-state index is 0.192. The number of ether oxygens (including phenoxy) is 1. The van der Waals surface area contributed by atoms with Gasteiger partial charge in [-0.3, -0.25) is 0 Å². The fourth-order valence-electron chi connectivity index (χ4n) is 2.42. The maximum Gasteiger partial charge on any atom is 0.126 e. The molecule has 0 amide bonds. The monoisotopic (exact) mass is 324 g/mol. The molecule has 0 aliphatic heterocycles. The molecule has 2 aromatic rings. The van der Waals surface area contributed by atoms with Crippen LogP contribution in [0.2, 0.25) is 10.0 Å². The molecule has 1 aliphatic rings. The molecule has 1 fully saturated rings. The van der Waals surface area contributed by atoms with Crippen LogP contribution >= 0.6 is 23.2 Å². The lowest BCUT2D eigenvalue weighted by Crippen LogP contribution is -2.02. The van der Waals surface area contributed by atoms with Crippen LogP contribution in [0.3, 0.4) is 0 Å². The highest BCUT2D eigenvalue weighted by Gasteiger charge is 2.27. The van der Waals surface area contributed by atoms with Crippen LogP contribution < -0.4 is 4.74 Å². The Morgan fingerprint density at radius 3 is 2.38 bits per heavy atom. The fraction of sp³-hybridized carbons (Fsp3) is 0.294. The lowest BCUT2D eigenvalue weighted by molar-refractivity contribution is 0.304. The molecule has 0 saturated heterocycles. The first-order chi connectivity index (χ1) is 10.0. The molecule has 1 saturated carbocycles. The van der Waals surface area contributed by atoms with E-state index in [0.717, 1.165) is 5.56 Å². The van der Waals surface area contributed by atoms with Gasteiger partial charge >= 0.3 is 0 Å². The summed E-state index contributed by atoms with van der Waals surface area (Å²) in [6, 6.07) is 8.58. The van der Waals surface area contributed by atoms with Gasteiger partial charge in [0.05, 0.1) is 0 Å². The Kier molecular flexibility index (Phi) is 4.10. The van der Waals surface area contributed by atoms with Gasteiger partial charge in [0, 0.05) is 10.0 Å². The second-order valence-electron chi connectivity index (χ2n) is 5.47. The van der Waals surface area contributed by atoms with Crippen molar-refractivity contribution in [2.45, 2.75) is 32.3 Å². The number of benzene rings is 2. The lowest BCUT2D eigenvalue weighted by Gasteiger charge is -2.13. The maximum atomic E-state index is 13.8. The summed E-state index contributed by atoms with van der Waals surface area (Å²) in [6.07, 6.45) is 2.34. The third-order valence-electron chi connectivity index (χ3n) is 3.67. The number of rotatable bonds is 4. The molecule has 0 aromatic heterocycles. The van der Waals surface area contributed by atoms with Gasteiger partial charge in [0.15, 0.2) is 0 Å². The van der Waals surface area contributed by atoms with Crippen molar-refractivity contribution in [2.75, 3.05) is 0 Å². The number of hydrogen-bond acceptors (Lipinski definition) is 1. The number of halogens is 3. The second kappa shape index (κ2) is 5.86. The van der Waals surface area contributed by atoms with Gasteiger partial charge in [0.25, 0.3) is 0 Å². The topological polar surface area (TPSA) is 9.23 Å². The average Bonchev–Trinajstić information content (AvgIpc) is 3.23. The average molecular weight is 325 g/mol. The Morgan fingerprint density at radius 2 is 1.76 bits per heavy atom. The minimum atomic E-state index is -0.192. The molecule has 21 heavy (non-hydrogen) atoms. The van der Waals surface area contributed by atoms with Crippen molar-refractivity contribution in [2.24, 2.45) is 0 Å². The van der Waals surface area contributed by atoms with Crippen LogP contribution in [0.5, 0.6) is 5.75 Å². The van der Waals surface area contributed by atoms with E-state index in [4.69, 9.17) is 27.9 Å². The smallest absolute Gasteiger partial charge is 0.126 e. The van der Waals surface area contributed by atoms with Crippen LogP contribution in [0.25, 0.3) is 0 Å². The third kappa shape index (κ3) is 3.50. The highest BCUT2D eigenvalue weighted by Crippen LogP contribution is 2.42. The molecule has 0 bridgehead atoms. The van der Waals surface area contributed by atoms with Crippen molar-refractivity contribution >= 4 is 23.2 Å². The summed E-state index contributed by atoms with van der Waals surface area (Å²) in [5.74, 6) is 0.947. The van der Waals surface area contributed by atoms with E-state index >= 15 is 0 Å². The Morgan fingerprint density at radius 1 is 1.10 bits per heavy atom. The predicted molar refractivity (Wildman–Crippen MR) is 83.9 cm³/mol. The fourth-order valence-corrected chi connectivity index (χ4v) is 2.92. The first-order valence-corrected chi connectivity index (χ1v) is 7.66. The summed E-state index contributed by atoms with van der Waals surface area (Å²) in [4.78, 5) is 0. The van der Waals surface area contributed by atoms with Crippen LogP contribution in [0.15, 0.2) is 30.3 Å². The molecular formula is C17H15Cl2FO. The first-order valence-electron chi connectivity index (χ1n) is 6.91. The number of aryl methyl sites for hydroxylation is 1. The van der Waals surface area contributed by atoms with Gasteiger partial charge in [-0.25, -0.2) is 4.39 Å². The lowest BCUT2D eigenvalue weighted by atomic mass is 10.0. The van der Waals surface area contributed by atoms with E-state index in [1.165, 1.54) is 18.4 Å². The molecule has 2 aromatic carbocycles. The molecule has 4 heteroatoms. The quantitative estimate of drug-likeness (QED) is 0.680. The molecule has 0 atom stereocenters. The van der Waals surface area contributed by atoms with Crippen molar-refractivity contribution in [1.82, 2.24) is 0 Å². The van der Waals surface area contributed by atoms with Crippen molar-refractivity contribution < 1.29 is 9.13 Å². The standard InChI is InChI=1S/C17H15Cl2FO/c1-10-4-16(11-2-3-11)12(5-17(10)20)9-21-15-7-13(18)6-14(19)8-15/h4-8,11H,2-3,9H2,1H3. The normalized spacial score (nSPS) is 14.3. The van der Waals surface area contributed by atoms with Crippen molar-refractivity contribution in [1.29, 1.82) is 0 Å².